The third kappa shape index (κ3) is 4.12. The normalized spacial score (nSPS) is 10.8. The van der Waals surface area contributed by atoms with Crippen molar-refractivity contribution in [3.8, 4) is 0 Å². The summed E-state index contributed by atoms with van der Waals surface area (Å²) in [4.78, 5) is 29.0. The first-order valence-corrected chi connectivity index (χ1v) is 8.75. The Kier molecular flexibility index (Phi) is 5.41. The Hall–Kier alpha value is -2.21. The van der Waals surface area contributed by atoms with Crippen molar-refractivity contribution >= 4 is 63.2 Å². The zero-order chi connectivity index (χ0) is 18.8. The van der Waals surface area contributed by atoms with Gasteiger partial charge in [0, 0.05) is 28.7 Å². The first-order chi connectivity index (χ1) is 12.3. The molecule has 5 nitrogen and oxygen atoms in total. The number of likely N-dealkylation sites (N-methyl/N-ethyl adjacent to an activating group) is 1. The predicted molar refractivity (Wildman–Crippen MR) is 105 cm³/mol. The summed E-state index contributed by atoms with van der Waals surface area (Å²) in [5, 5.41) is 4.83. The highest BCUT2D eigenvalue weighted by atomic mass is 35.5. The van der Waals surface area contributed by atoms with E-state index in [2.05, 4.69) is 10.3 Å². The summed E-state index contributed by atoms with van der Waals surface area (Å²) in [7, 11) is 1.55. The number of anilines is 1. The average molecular weight is 411 g/mol. The molecule has 0 saturated heterocycles. The number of nitrogens with zero attached hydrogens (tertiary/aromatic N) is 1. The largest absolute Gasteiger partial charge is 0.351 e. The Bertz CT molecular complexity index is 1000. The fraction of sp³-hybridized carbons (Fsp3) is 0.111. The van der Waals surface area contributed by atoms with Gasteiger partial charge in [-0.15, -0.1) is 0 Å². The van der Waals surface area contributed by atoms with E-state index in [1.807, 2.05) is 0 Å². The number of nitrogens with one attached hydrogen (secondary N) is 2. The van der Waals surface area contributed by atoms with E-state index in [-0.39, 0.29) is 18.4 Å². The van der Waals surface area contributed by atoms with Crippen LogP contribution in [0.15, 0.2) is 42.5 Å². The summed E-state index contributed by atoms with van der Waals surface area (Å²) >= 11 is 17.7. The Morgan fingerprint density at radius 3 is 2.54 bits per heavy atom. The van der Waals surface area contributed by atoms with Crippen molar-refractivity contribution in [1.29, 1.82) is 0 Å². The molecular formula is C18H14Cl3N3O2. The fourth-order valence-electron chi connectivity index (χ4n) is 2.49. The molecule has 2 aromatic carbocycles. The Labute approximate surface area is 164 Å². The second kappa shape index (κ2) is 7.58. The van der Waals surface area contributed by atoms with Crippen molar-refractivity contribution in [2.45, 2.75) is 0 Å². The number of aromatic nitrogens is 1. The monoisotopic (exact) mass is 409 g/mol. The number of halogens is 3. The molecule has 1 heterocycles. The van der Waals surface area contributed by atoms with Crippen LogP contribution >= 0.6 is 34.8 Å². The molecule has 0 aliphatic rings. The van der Waals surface area contributed by atoms with E-state index in [0.717, 1.165) is 10.9 Å². The standard InChI is InChI=1S/C18H14Cl3N3O2/c1-24(9-17(25)22-12-3-4-13(20)14(21)8-12)18(26)16-7-10-6-11(19)2-5-15(10)23-16/h2-8,23H,9H2,1H3,(H,22,25). The van der Waals surface area contributed by atoms with E-state index in [0.29, 0.717) is 26.4 Å². The van der Waals surface area contributed by atoms with Crippen LogP contribution in [0.25, 0.3) is 10.9 Å². The van der Waals surface area contributed by atoms with Crippen LogP contribution < -0.4 is 5.32 Å². The Morgan fingerprint density at radius 1 is 1.04 bits per heavy atom. The van der Waals surface area contributed by atoms with E-state index in [4.69, 9.17) is 34.8 Å². The number of hydrogen-bond donors (Lipinski definition) is 2. The molecular weight excluding hydrogens is 397 g/mol. The van der Waals surface area contributed by atoms with Gasteiger partial charge in [-0.1, -0.05) is 34.8 Å². The highest BCUT2D eigenvalue weighted by Crippen LogP contribution is 2.25. The van der Waals surface area contributed by atoms with Crippen LogP contribution in [0.5, 0.6) is 0 Å². The molecule has 8 heteroatoms. The van der Waals surface area contributed by atoms with Gasteiger partial charge in [0.15, 0.2) is 0 Å². The quantitative estimate of drug-likeness (QED) is 0.646. The number of carbonyl (C=O) groups is 2. The average Bonchev–Trinajstić information content (AvgIpc) is 3.00. The van der Waals surface area contributed by atoms with Gasteiger partial charge in [-0.2, -0.15) is 0 Å². The molecule has 0 aliphatic carbocycles. The molecule has 26 heavy (non-hydrogen) atoms. The lowest BCUT2D eigenvalue weighted by Crippen LogP contribution is -2.35. The van der Waals surface area contributed by atoms with Gasteiger partial charge in [-0.3, -0.25) is 9.59 Å². The lowest BCUT2D eigenvalue weighted by Gasteiger charge is -2.16. The van der Waals surface area contributed by atoms with Crippen molar-refractivity contribution < 1.29 is 9.59 Å². The molecule has 0 unspecified atom stereocenters. The van der Waals surface area contributed by atoms with Crippen LogP contribution in [-0.4, -0.2) is 35.3 Å². The number of hydrogen-bond acceptors (Lipinski definition) is 2. The summed E-state index contributed by atoms with van der Waals surface area (Å²) in [5.74, 6) is -0.653. The third-order valence-corrected chi connectivity index (χ3v) is 4.72. The molecule has 1 aromatic heterocycles. The number of aromatic amines is 1. The van der Waals surface area contributed by atoms with Crippen LogP contribution in [0.1, 0.15) is 10.5 Å². The van der Waals surface area contributed by atoms with Gasteiger partial charge in [0.2, 0.25) is 5.91 Å². The van der Waals surface area contributed by atoms with E-state index >= 15 is 0 Å². The molecule has 2 N–H and O–H groups in total. The predicted octanol–water partition coefficient (Wildman–Crippen LogP) is 4.84. The number of carbonyl (C=O) groups excluding carboxylic acids is 2. The van der Waals surface area contributed by atoms with Crippen LogP contribution in [0.2, 0.25) is 15.1 Å². The van der Waals surface area contributed by atoms with Gasteiger partial charge in [0.25, 0.3) is 5.91 Å². The molecule has 2 amide bonds. The van der Waals surface area contributed by atoms with Gasteiger partial charge in [0.1, 0.15) is 5.69 Å². The molecule has 0 radical (unpaired) electrons. The van der Waals surface area contributed by atoms with E-state index < -0.39 is 0 Å². The van der Waals surface area contributed by atoms with Gasteiger partial charge in [-0.25, -0.2) is 0 Å². The molecule has 0 bridgehead atoms. The van der Waals surface area contributed by atoms with Crippen LogP contribution in [0, 0.1) is 0 Å². The third-order valence-electron chi connectivity index (χ3n) is 3.74. The minimum absolute atomic E-state index is 0.116. The maximum Gasteiger partial charge on any atom is 0.270 e. The van der Waals surface area contributed by atoms with E-state index in [9.17, 15) is 9.59 Å². The van der Waals surface area contributed by atoms with E-state index in [1.54, 1.807) is 49.5 Å². The molecule has 3 aromatic rings. The van der Waals surface area contributed by atoms with Crippen molar-refractivity contribution in [1.82, 2.24) is 9.88 Å². The minimum atomic E-state index is -0.349. The summed E-state index contributed by atoms with van der Waals surface area (Å²) in [6, 6.07) is 11.8. The molecule has 0 spiro atoms. The fourth-order valence-corrected chi connectivity index (χ4v) is 2.96. The number of benzene rings is 2. The smallest absolute Gasteiger partial charge is 0.270 e. The van der Waals surface area contributed by atoms with Crippen LogP contribution in [-0.2, 0) is 4.79 Å². The van der Waals surface area contributed by atoms with Crippen LogP contribution in [0.3, 0.4) is 0 Å². The summed E-state index contributed by atoms with van der Waals surface area (Å²) in [6.07, 6.45) is 0. The number of amides is 2. The summed E-state index contributed by atoms with van der Waals surface area (Å²) in [5.41, 5.74) is 1.68. The highest BCUT2D eigenvalue weighted by molar-refractivity contribution is 6.42. The molecule has 3 rings (SSSR count). The molecule has 0 aliphatic heterocycles. The van der Waals surface area contributed by atoms with Crippen molar-refractivity contribution in [2.24, 2.45) is 0 Å². The zero-order valence-electron chi connectivity index (χ0n) is 13.6. The van der Waals surface area contributed by atoms with Crippen LogP contribution in [0.4, 0.5) is 5.69 Å². The summed E-state index contributed by atoms with van der Waals surface area (Å²) in [6.45, 7) is -0.116. The highest BCUT2D eigenvalue weighted by Gasteiger charge is 2.17. The maximum atomic E-state index is 12.5. The van der Waals surface area contributed by atoms with Gasteiger partial charge in [0.05, 0.1) is 16.6 Å². The molecule has 0 atom stereocenters. The zero-order valence-corrected chi connectivity index (χ0v) is 15.9. The van der Waals surface area contributed by atoms with Gasteiger partial charge < -0.3 is 15.2 Å². The lowest BCUT2D eigenvalue weighted by atomic mass is 10.2. The molecule has 134 valence electrons. The first-order valence-electron chi connectivity index (χ1n) is 7.62. The first kappa shape index (κ1) is 18.6. The number of rotatable bonds is 4. The second-order valence-electron chi connectivity index (χ2n) is 5.75. The van der Waals surface area contributed by atoms with Crippen molar-refractivity contribution in [2.75, 3.05) is 18.9 Å². The van der Waals surface area contributed by atoms with Crippen molar-refractivity contribution in [3.63, 3.8) is 0 Å². The van der Waals surface area contributed by atoms with Gasteiger partial charge in [-0.05, 0) is 42.5 Å². The van der Waals surface area contributed by atoms with Gasteiger partial charge >= 0.3 is 0 Å². The molecule has 0 saturated carbocycles. The topological polar surface area (TPSA) is 65.2 Å². The van der Waals surface area contributed by atoms with Crippen molar-refractivity contribution in [3.05, 3.63) is 63.2 Å². The maximum absolute atomic E-state index is 12.5. The van der Waals surface area contributed by atoms with E-state index in [1.165, 1.54) is 4.90 Å². The number of H-pyrrole nitrogens is 1. The Morgan fingerprint density at radius 2 is 1.81 bits per heavy atom. The summed E-state index contributed by atoms with van der Waals surface area (Å²) < 4.78 is 0. The SMILES string of the molecule is CN(CC(=O)Nc1ccc(Cl)c(Cl)c1)C(=O)c1cc2cc(Cl)ccc2[nH]1. The second-order valence-corrected chi connectivity index (χ2v) is 7.00. The lowest BCUT2D eigenvalue weighted by molar-refractivity contribution is -0.116. The Balaban J connectivity index is 1.67. The number of fused-ring (bicyclic) bond motifs is 1. The molecule has 0 fully saturated rings. The minimum Gasteiger partial charge on any atom is -0.351 e.